The molecule has 2 saturated heterocycles. The van der Waals surface area contributed by atoms with Gasteiger partial charge in [0, 0.05) is 56.1 Å². The fourth-order valence-electron chi connectivity index (χ4n) is 3.89. The molecule has 3 heterocycles. The molecule has 2 fully saturated rings. The van der Waals surface area contributed by atoms with E-state index in [0.717, 1.165) is 32.0 Å². The molecular formula is C20H23ClN4O2. The zero-order valence-electron chi connectivity index (χ0n) is 15.0. The molecule has 2 atom stereocenters. The van der Waals surface area contributed by atoms with Gasteiger partial charge in [-0.1, -0.05) is 17.7 Å². The number of aliphatic hydroxyl groups is 1. The van der Waals surface area contributed by atoms with Crippen molar-refractivity contribution in [2.24, 2.45) is 0 Å². The highest BCUT2D eigenvalue weighted by molar-refractivity contribution is 6.30. The minimum Gasteiger partial charge on any atom is -0.390 e. The average molecular weight is 387 g/mol. The van der Waals surface area contributed by atoms with Crippen LogP contribution in [0.5, 0.6) is 0 Å². The van der Waals surface area contributed by atoms with Crippen LogP contribution in [0, 0.1) is 0 Å². The molecule has 2 aliphatic rings. The number of amides is 1. The first-order valence-corrected chi connectivity index (χ1v) is 9.62. The Bertz CT molecular complexity index is 778. The Kier molecular flexibility index (Phi) is 5.29. The van der Waals surface area contributed by atoms with Gasteiger partial charge in [0.15, 0.2) is 0 Å². The lowest BCUT2D eigenvalue weighted by atomic mass is 10.1. The third-order valence-corrected chi connectivity index (χ3v) is 5.65. The largest absolute Gasteiger partial charge is 0.390 e. The van der Waals surface area contributed by atoms with Crippen LogP contribution in [-0.2, 0) is 0 Å². The minimum atomic E-state index is -0.525. The van der Waals surface area contributed by atoms with Gasteiger partial charge in [-0.25, -0.2) is 4.98 Å². The number of rotatable bonds is 3. The van der Waals surface area contributed by atoms with E-state index in [1.807, 2.05) is 24.4 Å². The number of pyridine rings is 1. The smallest absolute Gasteiger partial charge is 0.253 e. The number of piperazine rings is 1. The SMILES string of the molecule is O=C(c1ccc(Cl)cc1)N1C[C@@H](O)[C@H](N2CCN(c3ccccn3)CC2)C1. The number of halogens is 1. The number of likely N-dealkylation sites (tertiary alicyclic amines) is 1. The maximum Gasteiger partial charge on any atom is 0.253 e. The third kappa shape index (κ3) is 3.93. The molecular weight excluding hydrogens is 364 g/mol. The molecule has 0 spiro atoms. The quantitative estimate of drug-likeness (QED) is 0.870. The van der Waals surface area contributed by atoms with E-state index in [9.17, 15) is 9.90 Å². The lowest BCUT2D eigenvalue weighted by Gasteiger charge is -2.39. The highest BCUT2D eigenvalue weighted by Gasteiger charge is 2.38. The van der Waals surface area contributed by atoms with Gasteiger partial charge >= 0.3 is 0 Å². The minimum absolute atomic E-state index is 0.0212. The second kappa shape index (κ2) is 7.84. The molecule has 1 amide bonds. The predicted molar refractivity (Wildman–Crippen MR) is 105 cm³/mol. The number of β-amino-alcohol motifs (C(OH)–C–C–N with tert-alkyl or cyclic N) is 1. The van der Waals surface area contributed by atoms with Crippen LogP contribution in [0.1, 0.15) is 10.4 Å². The van der Waals surface area contributed by atoms with Gasteiger partial charge in [0.25, 0.3) is 5.91 Å². The first-order valence-electron chi connectivity index (χ1n) is 9.25. The highest BCUT2D eigenvalue weighted by atomic mass is 35.5. The molecule has 7 heteroatoms. The zero-order chi connectivity index (χ0) is 18.8. The van der Waals surface area contributed by atoms with E-state index in [1.165, 1.54) is 0 Å². The van der Waals surface area contributed by atoms with Crippen molar-refractivity contribution in [1.29, 1.82) is 0 Å². The number of aromatic nitrogens is 1. The molecule has 2 aromatic rings. The summed E-state index contributed by atoms with van der Waals surface area (Å²) in [6, 6.07) is 12.8. The average Bonchev–Trinajstić information content (AvgIpc) is 3.10. The molecule has 1 N–H and O–H groups in total. The van der Waals surface area contributed by atoms with E-state index in [2.05, 4.69) is 14.8 Å². The van der Waals surface area contributed by atoms with Crippen LogP contribution < -0.4 is 4.90 Å². The molecule has 2 aliphatic heterocycles. The van der Waals surface area contributed by atoms with Gasteiger partial charge in [0.05, 0.1) is 12.1 Å². The molecule has 0 unspecified atom stereocenters. The number of hydrogen-bond acceptors (Lipinski definition) is 5. The van der Waals surface area contributed by atoms with Crippen molar-refractivity contribution < 1.29 is 9.90 Å². The molecule has 0 saturated carbocycles. The van der Waals surface area contributed by atoms with Crippen LogP contribution >= 0.6 is 11.6 Å². The van der Waals surface area contributed by atoms with Crippen LogP contribution in [0.4, 0.5) is 5.82 Å². The molecule has 1 aromatic heterocycles. The first-order chi connectivity index (χ1) is 13.1. The van der Waals surface area contributed by atoms with Gasteiger partial charge in [-0.15, -0.1) is 0 Å². The molecule has 6 nitrogen and oxygen atoms in total. The van der Waals surface area contributed by atoms with E-state index >= 15 is 0 Å². The predicted octanol–water partition coefficient (Wildman–Crippen LogP) is 1.74. The number of aliphatic hydroxyl groups excluding tert-OH is 1. The molecule has 0 bridgehead atoms. The van der Waals surface area contributed by atoms with Gasteiger partial charge in [-0.05, 0) is 36.4 Å². The molecule has 27 heavy (non-hydrogen) atoms. The number of nitrogens with zero attached hydrogens (tertiary/aromatic N) is 4. The van der Waals surface area contributed by atoms with Crippen LogP contribution in [0.2, 0.25) is 5.02 Å². The van der Waals surface area contributed by atoms with Gasteiger partial charge in [0.2, 0.25) is 0 Å². The summed E-state index contributed by atoms with van der Waals surface area (Å²) in [6.45, 7) is 4.35. The number of carbonyl (C=O) groups excluding carboxylic acids is 1. The van der Waals surface area contributed by atoms with Crippen molar-refractivity contribution in [3.05, 3.63) is 59.2 Å². The Labute approximate surface area is 164 Å². The van der Waals surface area contributed by atoms with E-state index in [4.69, 9.17) is 11.6 Å². The summed E-state index contributed by atoms with van der Waals surface area (Å²) < 4.78 is 0. The van der Waals surface area contributed by atoms with Crippen molar-refractivity contribution >= 4 is 23.3 Å². The summed E-state index contributed by atoms with van der Waals surface area (Å²) in [5.41, 5.74) is 0.604. The summed E-state index contributed by atoms with van der Waals surface area (Å²) >= 11 is 5.90. The fraction of sp³-hybridized carbons (Fsp3) is 0.400. The van der Waals surface area contributed by atoms with E-state index in [1.54, 1.807) is 29.2 Å². The maximum atomic E-state index is 12.7. The Hall–Kier alpha value is -2.15. The summed E-state index contributed by atoms with van der Waals surface area (Å²) in [4.78, 5) is 23.4. The van der Waals surface area contributed by atoms with E-state index < -0.39 is 6.10 Å². The van der Waals surface area contributed by atoms with Crippen molar-refractivity contribution in [2.45, 2.75) is 12.1 Å². The van der Waals surface area contributed by atoms with Crippen LogP contribution in [0.25, 0.3) is 0 Å². The summed E-state index contributed by atoms with van der Waals surface area (Å²) in [7, 11) is 0. The molecule has 0 radical (unpaired) electrons. The standard InChI is InChI=1S/C20H23ClN4O2/c21-16-6-4-15(5-7-16)20(27)25-13-17(18(26)14-25)23-9-11-24(12-10-23)19-3-1-2-8-22-19/h1-8,17-18,26H,9-14H2/t17-,18-/m1/s1. The highest BCUT2D eigenvalue weighted by Crippen LogP contribution is 2.22. The molecule has 142 valence electrons. The van der Waals surface area contributed by atoms with Crippen molar-refractivity contribution in [1.82, 2.24) is 14.8 Å². The number of carbonyl (C=O) groups is 1. The second-order valence-electron chi connectivity index (χ2n) is 7.06. The topological polar surface area (TPSA) is 59.9 Å². The van der Waals surface area contributed by atoms with Crippen LogP contribution in [0.15, 0.2) is 48.7 Å². The Morgan fingerprint density at radius 1 is 1.04 bits per heavy atom. The summed E-state index contributed by atoms with van der Waals surface area (Å²) in [6.07, 6.45) is 1.28. The first kappa shape index (κ1) is 18.2. The zero-order valence-corrected chi connectivity index (χ0v) is 15.8. The van der Waals surface area contributed by atoms with Gasteiger partial charge in [0.1, 0.15) is 5.82 Å². The molecule has 4 rings (SSSR count). The lowest BCUT2D eigenvalue weighted by Crippen LogP contribution is -2.54. The van der Waals surface area contributed by atoms with Gasteiger partial charge in [-0.2, -0.15) is 0 Å². The number of benzene rings is 1. The molecule has 1 aromatic carbocycles. The van der Waals surface area contributed by atoms with Crippen molar-refractivity contribution in [3.63, 3.8) is 0 Å². The lowest BCUT2D eigenvalue weighted by molar-refractivity contribution is 0.0754. The van der Waals surface area contributed by atoms with Crippen molar-refractivity contribution in [3.8, 4) is 0 Å². The number of anilines is 1. The normalized spacial score (nSPS) is 23.6. The molecule has 0 aliphatic carbocycles. The number of hydrogen-bond donors (Lipinski definition) is 1. The van der Waals surface area contributed by atoms with Gasteiger partial charge < -0.3 is 14.9 Å². The second-order valence-corrected chi connectivity index (χ2v) is 7.50. The summed E-state index contributed by atoms with van der Waals surface area (Å²) in [5, 5.41) is 11.2. The Balaban J connectivity index is 1.36. The maximum absolute atomic E-state index is 12.7. The fourth-order valence-corrected chi connectivity index (χ4v) is 4.02. The van der Waals surface area contributed by atoms with Crippen LogP contribution in [0.3, 0.4) is 0 Å². The van der Waals surface area contributed by atoms with Gasteiger partial charge in [-0.3, -0.25) is 9.69 Å². The van der Waals surface area contributed by atoms with Crippen molar-refractivity contribution in [2.75, 3.05) is 44.2 Å². The Morgan fingerprint density at radius 2 is 1.78 bits per heavy atom. The van der Waals surface area contributed by atoms with E-state index in [0.29, 0.717) is 23.7 Å². The van der Waals surface area contributed by atoms with Crippen LogP contribution in [-0.4, -0.2) is 77.2 Å². The Morgan fingerprint density at radius 3 is 2.44 bits per heavy atom. The van der Waals surface area contributed by atoms with E-state index in [-0.39, 0.29) is 11.9 Å². The summed E-state index contributed by atoms with van der Waals surface area (Å²) in [5.74, 6) is 0.934. The third-order valence-electron chi connectivity index (χ3n) is 5.39. The monoisotopic (exact) mass is 386 g/mol.